The quantitative estimate of drug-likeness (QED) is 0.206. The number of hydrogen-bond acceptors (Lipinski definition) is 4. The summed E-state index contributed by atoms with van der Waals surface area (Å²) in [6.45, 7) is 0.828. The van der Waals surface area contributed by atoms with Gasteiger partial charge in [-0.3, -0.25) is 9.59 Å². The predicted octanol–water partition coefficient (Wildman–Crippen LogP) is 5.28. The van der Waals surface area contributed by atoms with Gasteiger partial charge in [-0.1, -0.05) is 51.9 Å². The van der Waals surface area contributed by atoms with Crippen molar-refractivity contribution in [2.24, 2.45) is 0 Å². The topological polar surface area (TPSA) is 52.6 Å². The number of halogens is 4. The Morgan fingerprint density at radius 1 is 0.808 bits per heavy atom. The Kier molecular flexibility index (Phi) is 14.0. The first-order valence-corrected chi connectivity index (χ1v) is 9.26. The van der Waals surface area contributed by atoms with Gasteiger partial charge in [-0.05, 0) is 12.8 Å². The average Bonchev–Trinajstić information content (AvgIpc) is 2.58. The van der Waals surface area contributed by atoms with Crippen LogP contribution in [0.4, 0.5) is 17.6 Å². The Bertz CT molecular complexity index is 389. The maximum Gasteiger partial charge on any atom is 0.340 e. The van der Waals surface area contributed by atoms with Crippen LogP contribution < -0.4 is 0 Å². The highest BCUT2D eigenvalue weighted by molar-refractivity contribution is 5.72. The number of carbonyl (C=O) groups is 2. The monoisotopic (exact) mass is 386 g/mol. The minimum absolute atomic E-state index is 0.0443. The Morgan fingerprint density at radius 2 is 1.31 bits per heavy atom. The van der Waals surface area contributed by atoms with Gasteiger partial charge in [-0.15, -0.1) is 0 Å². The van der Waals surface area contributed by atoms with Crippen LogP contribution >= 0.6 is 0 Å². The summed E-state index contributed by atoms with van der Waals surface area (Å²) in [7, 11) is 0. The molecule has 0 aromatic carbocycles. The smallest absolute Gasteiger partial charge is 0.340 e. The van der Waals surface area contributed by atoms with Crippen molar-refractivity contribution in [3.63, 3.8) is 0 Å². The number of rotatable bonds is 16. The van der Waals surface area contributed by atoms with Crippen molar-refractivity contribution in [1.29, 1.82) is 0 Å². The fraction of sp³-hybridized carbons (Fsp3) is 0.889. The van der Waals surface area contributed by atoms with Gasteiger partial charge in [0.1, 0.15) is 0 Å². The fourth-order valence-corrected chi connectivity index (χ4v) is 2.18. The van der Waals surface area contributed by atoms with Gasteiger partial charge in [-0.2, -0.15) is 8.78 Å². The molecule has 0 aliphatic heterocycles. The number of esters is 2. The van der Waals surface area contributed by atoms with Gasteiger partial charge in [0.2, 0.25) is 0 Å². The summed E-state index contributed by atoms with van der Waals surface area (Å²) in [5, 5.41) is 0. The molecule has 0 aromatic rings. The third-order valence-corrected chi connectivity index (χ3v) is 3.77. The zero-order valence-electron chi connectivity index (χ0n) is 15.4. The summed E-state index contributed by atoms with van der Waals surface area (Å²) in [5.41, 5.74) is 0. The first-order chi connectivity index (χ1) is 12.3. The second kappa shape index (κ2) is 14.8. The Balaban J connectivity index is 3.53. The van der Waals surface area contributed by atoms with Crippen molar-refractivity contribution in [1.82, 2.24) is 0 Å². The first kappa shape index (κ1) is 24.7. The molecule has 26 heavy (non-hydrogen) atoms. The Hall–Kier alpha value is -1.34. The second-order valence-corrected chi connectivity index (χ2v) is 6.27. The molecule has 0 aliphatic rings. The van der Waals surface area contributed by atoms with Crippen LogP contribution in [0.25, 0.3) is 0 Å². The van der Waals surface area contributed by atoms with E-state index in [4.69, 9.17) is 4.74 Å². The first-order valence-electron chi connectivity index (χ1n) is 9.26. The third kappa shape index (κ3) is 13.9. The van der Waals surface area contributed by atoms with Crippen LogP contribution in [0.2, 0.25) is 0 Å². The molecule has 4 nitrogen and oxygen atoms in total. The molecule has 8 heteroatoms. The van der Waals surface area contributed by atoms with E-state index in [1.54, 1.807) is 0 Å². The molecule has 0 heterocycles. The van der Waals surface area contributed by atoms with E-state index in [1.807, 2.05) is 0 Å². The maximum absolute atomic E-state index is 12.6. The lowest BCUT2D eigenvalue weighted by Gasteiger charge is -2.14. The van der Waals surface area contributed by atoms with Gasteiger partial charge in [-0.25, -0.2) is 8.78 Å². The van der Waals surface area contributed by atoms with Gasteiger partial charge >= 0.3 is 24.3 Å². The van der Waals surface area contributed by atoms with Gasteiger partial charge < -0.3 is 9.47 Å². The van der Waals surface area contributed by atoms with Crippen LogP contribution in [-0.4, -0.2) is 37.5 Å². The summed E-state index contributed by atoms with van der Waals surface area (Å²) in [5.74, 6) is -5.87. The van der Waals surface area contributed by atoms with Crippen LogP contribution in [0.3, 0.4) is 0 Å². The molecule has 0 saturated heterocycles. The molecular formula is C18H30F4O4. The highest BCUT2D eigenvalue weighted by Crippen LogP contribution is 2.23. The molecule has 0 atom stereocenters. The SMILES string of the molecule is CCCCCCCCCCOC(=O)CCCC(=O)OCC(F)(F)C(F)F. The van der Waals surface area contributed by atoms with Crippen molar-refractivity contribution in [2.75, 3.05) is 13.2 Å². The van der Waals surface area contributed by atoms with Crippen LogP contribution in [0, 0.1) is 0 Å². The van der Waals surface area contributed by atoms with Crippen LogP contribution in [0.15, 0.2) is 0 Å². The van der Waals surface area contributed by atoms with Crippen molar-refractivity contribution in [2.45, 2.75) is 89.9 Å². The minimum atomic E-state index is -4.36. The van der Waals surface area contributed by atoms with E-state index in [1.165, 1.54) is 32.1 Å². The summed E-state index contributed by atoms with van der Waals surface area (Å²) in [6.07, 6.45) is 4.86. The van der Waals surface area contributed by atoms with E-state index < -0.39 is 30.9 Å². The van der Waals surface area contributed by atoms with Gasteiger partial charge in [0.15, 0.2) is 6.61 Å². The molecule has 0 aliphatic carbocycles. The largest absolute Gasteiger partial charge is 0.466 e. The summed E-state index contributed by atoms with van der Waals surface area (Å²) >= 11 is 0. The molecule has 0 saturated carbocycles. The number of carbonyl (C=O) groups excluding carboxylic acids is 2. The second-order valence-electron chi connectivity index (χ2n) is 6.27. The van der Waals surface area contributed by atoms with E-state index in [0.29, 0.717) is 6.61 Å². The van der Waals surface area contributed by atoms with Crippen molar-refractivity contribution in [3.8, 4) is 0 Å². The maximum atomic E-state index is 12.6. The van der Waals surface area contributed by atoms with Crippen molar-refractivity contribution in [3.05, 3.63) is 0 Å². The van der Waals surface area contributed by atoms with Crippen molar-refractivity contribution >= 4 is 11.9 Å². The minimum Gasteiger partial charge on any atom is -0.466 e. The highest BCUT2D eigenvalue weighted by Gasteiger charge is 2.42. The Morgan fingerprint density at radius 3 is 1.85 bits per heavy atom. The number of hydrogen-bond donors (Lipinski definition) is 0. The van der Waals surface area contributed by atoms with E-state index >= 15 is 0 Å². The Labute approximate surface area is 152 Å². The summed E-state index contributed by atoms with van der Waals surface area (Å²) in [4.78, 5) is 22.6. The predicted molar refractivity (Wildman–Crippen MR) is 89.3 cm³/mol. The third-order valence-electron chi connectivity index (χ3n) is 3.77. The molecule has 0 N–H and O–H groups in total. The van der Waals surface area contributed by atoms with E-state index in [9.17, 15) is 27.2 Å². The van der Waals surface area contributed by atoms with E-state index in [0.717, 1.165) is 19.3 Å². The molecule has 154 valence electrons. The molecule has 0 spiro atoms. The van der Waals surface area contributed by atoms with Crippen LogP contribution in [0.5, 0.6) is 0 Å². The standard InChI is InChI=1S/C18H30F4O4/c1-2-3-4-5-6-7-8-9-13-25-15(23)11-10-12-16(24)26-14-18(21,22)17(19)20/h17H,2-14H2,1H3. The van der Waals surface area contributed by atoms with E-state index in [2.05, 4.69) is 11.7 Å². The molecule has 0 bridgehead atoms. The van der Waals surface area contributed by atoms with Gasteiger partial charge in [0.05, 0.1) is 6.61 Å². The van der Waals surface area contributed by atoms with Crippen LogP contribution in [0.1, 0.15) is 77.6 Å². The normalized spacial score (nSPS) is 11.6. The van der Waals surface area contributed by atoms with E-state index in [-0.39, 0.29) is 19.3 Å². The lowest BCUT2D eigenvalue weighted by Crippen LogP contribution is -2.33. The van der Waals surface area contributed by atoms with Crippen molar-refractivity contribution < 1.29 is 36.6 Å². The zero-order valence-corrected chi connectivity index (χ0v) is 15.4. The molecule has 0 amide bonds. The molecule has 0 radical (unpaired) electrons. The lowest BCUT2D eigenvalue weighted by molar-refractivity contribution is -0.179. The van der Waals surface area contributed by atoms with Crippen LogP contribution in [-0.2, 0) is 19.1 Å². The molecular weight excluding hydrogens is 356 g/mol. The molecule has 0 unspecified atom stereocenters. The number of alkyl halides is 4. The van der Waals surface area contributed by atoms with Gasteiger partial charge in [0, 0.05) is 12.8 Å². The lowest BCUT2D eigenvalue weighted by atomic mass is 10.1. The molecule has 0 rings (SSSR count). The molecule has 0 fully saturated rings. The molecule has 0 aromatic heterocycles. The summed E-state index contributed by atoms with van der Waals surface area (Å²) in [6, 6.07) is 0. The fourth-order valence-electron chi connectivity index (χ4n) is 2.18. The van der Waals surface area contributed by atoms with Gasteiger partial charge in [0.25, 0.3) is 0 Å². The highest BCUT2D eigenvalue weighted by atomic mass is 19.3. The summed E-state index contributed by atoms with van der Waals surface area (Å²) < 4.78 is 58.0. The average molecular weight is 386 g/mol. The zero-order chi connectivity index (χ0) is 19.8. The number of unbranched alkanes of at least 4 members (excludes halogenated alkanes) is 7. The number of ether oxygens (including phenoxy) is 2.